The van der Waals surface area contributed by atoms with E-state index in [4.69, 9.17) is 4.42 Å². The van der Waals surface area contributed by atoms with Gasteiger partial charge in [0.2, 0.25) is 0 Å². The summed E-state index contributed by atoms with van der Waals surface area (Å²) in [5.74, 6) is 1.35. The molecule has 0 radical (unpaired) electrons. The number of nitrogens with zero attached hydrogens (tertiary/aromatic N) is 4. The fraction of sp³-hybridized carbons (Fsp3) is 0.375. The third-order valence-electron chi connectivity index (χ3n) is 3.66. The lowest BCUT2D eigenvalue weighted by Crippen LogP contribution is -2.33. The first-order valence-electron chi connectivity index (χ1n) is 7.19. The molecule has 0 fully saturated rings. The van der Waals surface area contributed by atoms with Gasteiger partial charge in [-0.3, -0.25) is 4.90 Å². The summed E-state index contributed by atoms with van der Waals surface area (Å²) < 4.78 is 7.45. The first-order valence-corrected chi connectivity index (χ1v) is 7.19. The third-order valence-corrected chi connectivity index (χ3v) is 3.66. The van der Waals surface area contributed by atoms with Crippen LogP contribution in [0.5, 0.6) is 0 Å². The van der Waals surface area contributed by atoms with Crippen LogP contribution in [-0.4, -0.2) is 26.9 Å². The molecule has 1 atom stereocenters. The maximum atomic E-state index is 5.45. The van der Waals surface area contributed by atoms with Crippen LogP contribution in [-0.2, 0) is 6.54 Å². The number of hydrogen-bond acceptors (Lipinski definition) is 4. The first-order chi connectivity index (χ1) is 10.2. The zero-order chi connectivity index (χ0) is 14.8. The summed E-state index contributed by atoms with van der Waals surface area (Å²) in [5, 5.41) is 8.63. The number of aromatic nitrogens is 3. The van der Waals surface area contributed by atoms with Crippen molar-refractivity contribution in [2.75, 3.05) is 7.05 Å². The molecule has 3 aromatic rings. The molecule has 0 amide bonds. The zero-order valence-electron chi connectivity index (χ0n) is 12.6. The van der Waals surface area contributed by atoms with Crippen LogP contribution in [0.1, 0.15) is 25.8 Å². The summed E-state index contributed by atoms with van der Waals surface area (Å²) in [6.45, 7) is 5.13. The Balaban J connectivity index is 1.94. The highest BCUT2D eigenvalue weighted by Gasteiger charge is 2.24. The molecule has 0 aliphatic rings. The molecule has 2 heterocycles. The maximum Gasteiger partial charge on any atom is 0.117 e. The fourth-order valence-electron chi connectivity index (χ4n) is 2.80. The van der Waals surface area contributed by atoms with E-state index in [9.17, 15) is 0 Å². The SMILES string of the molecule is CC(C)C(N(C)Cc1ccco1)n1nnc2ccccc21. The van der Waals surface area contributed by atoms with Gasteiger partial charge in [0, 0.05) is 0 Å². The molecule has 0 spiro atoms. The number of para-hydroxylation sites is 1. The Bertz CT molecular complexity index is 702. The third kappa shape index (κ3) is 2.69. The van der Waals surface area contributed by atoms with E-state index < -0.39 is 0 Å². The molecule has 5 heteroatoms. The summed E-state index contributed by atoms with van der Waals surface area (Å²) in [6, 6.07) is 12.0. The summed E-state index contributed by atoms with van der Waals surface area (Å²) in [7, 11) is 2.09. The first kappa shape index (κ1) is 13.8. The van der Waals surface area contributed by atoms with Crippen molar-refractivity contribution in [1.82, 2.24) is 19.9 Å². The Morgan fingerprint density at radius 1 is 1.19 bits per heavy atom. The van der Waals surface area contributed by atoms with Crippen molar-refractivity contribution < 1.29 is 4.42 Å². The van der Waals surface area contributed by atoms with Crippen molar-refractivity contribution in [1.29, 1.82) is 0 Å². The predicted octanol–water partition coefficient (Wildman–Crippen LogP) is 3.31. The van der Waals surface area contributed by atoms with E-state index in [0.717, 1.165) is 23.3 Å². The minimum Gasteiger partial charge on any atom is -0.468 e. The lowest BCUT2D eigenvalue weighted by molar-refractivity contribution is 0.102. The largest absolute Gasteiger partial charge is 0.468 e. The van der Waals surface area contributed by atoms with Crippen LogP contribution in [0.3, 0.4) is 0 Å². The summed E-state index contributed by atoms with van der Waals surface area (Å²) in [4.78, 5) is 2.24. The number of fused-ring (bicyclic) bond motifs is 1. The van der Waals surface area contributed by atoms with Crippen molar-refractivity contribution in [2.24, 2.45) is 5.92 Å². The number of furan rings is 1. The second-order valence-electron chi connectivity index (χ2n) is 5.67. The summed E-state index contributed by atoms with van der Waals surface area (Å²) in [5.41, 5.74) is 1.98. The van der Waals surface area contributed by atoms with Gasteiger partial charge in [-0.1, -0.05) is 31.2 Å². The van der Waals surface area contributed by atoms with E-state index in [1.807, 2.05) is 35.0 Å². The molecule has 0 saturated heterocycles. The molecule has 0 N–H and O–H groups in total. The van der Waals surface area contributed by atoms with Gasteiger partial charge in [0.1, 0.15) is 17.4 Å². The molecule has 0 bridgehead atoms. The van der Waals surface area contributed by atoms with Crippen LogP contribution in [0.25, 0.3) is 11.0 Å². The quantitative estimate of drug-likeness (QED) is 0.721. The molecule has 3 rings (SSSR count). The van der Waals surface area contributed by atoms with Crippen molar-refractivity contribution in [2.45, 2.75) is 26.6 Å². The Hall–Kier alpha value is -2.14. The second kappa shape index (κ2) is 5.69. The van der Waals surface area contributed by atoms with Gasteiger partial charge in [0.05, 0.1) is 18.3 Å². The van der Waals surface area contributed by atoms with Crippen LogP contribution in [0, 0.1) is 5.92 Å². The Morgan fingerprint density at radius 2 is 2.00 bits per heavy atom. The van der Waals surface area contributed by atoms with E-state index in [-0.39, 0.29) is 6.17 Å². The van der Waals surface area contributed by atoms with Gasteiger partial charge in [-0.25, -0.2) is 4.68 Å². The van der Waals surface area contributed by atoms with Crippen molar-refractivity contribution in [3.05, 3.63) is 48.4 Å². The highest BCUT2D eigenvalue weighted by Crippen LogP contribution is 2.25. The van der Waals surface area contributed by atoms with Crippen molar-refractivity contribution >= 4 is 11.0 Å². The van der Waals surface area contributed by atoms with Gasteiger partial charge in [0.25, 0.3) is 0 Å². The fourth-order valence-corrected chi connectivity index (χ4v) is 2.80. The predicted molar refractivity (Wildman–Crippen MR) is 81.6 cm³/mol. The lowest BCUT2D eigenvalue weighted by atomic mass is 10.1. The minimum absolute atomic E-state index is 0.127. The standard InChI is InChI=1S/C16H20N4O/c1-12(2)16(19(3)11-13-7-6-10-21-13)20-15-9-5-4-8-14(15)17-18-20/h4-10,12,16H,11H2,1-3H3. The zero-order valence-corrected chi connectivity index (χ0v) is 12.6. The highest BCUT2D eigenvalue weighted by atomic mass is 16.3. The van der Waals surface area contributed by atoms with Gasteiger partial charge in [-0.15, -0.1) is 5.10 Å². The van der Waals surface area contributed by atoms with Crippen molar-refractivity contribution in [3.63, 3.8) is 0 Å². The van der Waals surface area contributed by atoms with Gasteiger partial charge >= 0.3 is 0 Å². The Kier molecular flexibility index (Phi) is 3.75. The van der Waals surface area contributed by atoms with Crippen LogP contribution >= 0.6 is 0 Å². The molecular formula is C16H20N4O. The number of benzene rings is 1. The summed E-state index contributed by atoms with van der Waals surface area (Å²) in [6.07, 6.45) is 1.83. The van der Waals surface area contributed by atoms with Gasteiger partial charge < -0.3 is 4.42 Å². The Labute approximate surface area is 124 Å². The molecule has 2 aromatic heterocycles. The molecule has 1 unspecified atom stereocenters. The van der Waals surface area contributed by atoms with Crippen LogP contribution < -0.4 is 0 Å². The molecular weight excluding hydrogens is 264 g/mol. The number of rotatable bonds is 5. The van der Waals surface area contributed by atoms with Crippen LogP contribution in [0.4, 0.5) is 0 Å². The maximum absolute atomic E-state index is 5.45. The molecule has 0 aliphatic heterocycles. The van der Waals surface area contributed by atoms with Crippen LogP contribution in [0.2, 0.25) is 0 Å². The van der Waals surface area contributed by atoms with Crippen molar-refractivity contribution in [3.8, 4) is 0 Å². The molecule has 1 aromatic carbocycles. The van der Waals surface area contributed by atoms with E-state index >= 15 is 0 Å². The lowest BCUT2D eigenvalue weighted by Gasteiger charge is -2.30. The normalized spacial score (nSPS) is 13.4. The summed E-state index contributed by atoms with van der Waals surface area (Å²) >= 11 is 0. The van der Waals surface area contributed by atoms with E-state index in [0.29, 0.717) is 5.92 Å². The smallest absolute Gasteiger partial charge is 0.117 e. The molecule has 21 heavy (non-hydrogen) atoms. The molecule has 0 saturated carbocycles. The molecule has 5 nitrogen and oxygen atoms in total. The Morgan fingerprint density at radius 3 is 2.71 bits per heavy atom. The average molecular weight is 284 g/mol. The van der Waals surface area contributed by atoms with Gasteiger partial charge in [-0.2, -0.15) is 0 Å². The van der Waals surface area contributed by atoms with E-state index in [1.165, 1.54) is 0 Å². The van der Waals surface area contributed by atoms with E-state index in [2.05, 4.69) is 42.2 Å². The average Bonchev–Trinajstić information content (AvgIpc) is 3.09. The topological polar surface area (TPSA) is 47.1 Å². The number of hydrogen-bond donors (Lipinski definition) is 0. The second-order valence-corrected chi connectivity index (χ2v) is 5.67. The van der Waals surface area contributed by atoms with E-state index in [1.54, 1.807) is 6.26 Å². The van der Waals surface area contributed by atoms with Gasteiger partial charge in [0.15, 0.2) is 0 Å². The highest BCUT2D eigenvalue weighted by molar-refractivity contribution is 5.73. The minimum atomic E-state index is 0.127. The molecule has 110 valence electrons. The van der Waals surface area contributed by atoms with Gasteiger partial charge in [-0.05, 0) is 37.2 Å². The van der Waals surface area contributed by atoms with Crippen LogP contribution in [0.15, 0.2) is 47.1 Å². The molecule has 0 aliphatic carbocycles. The monoisotopic (exact) mass is 284 g/mol.